The molecule has 0 N–H and O–H groups in total. The fraction of sp³-hybridized carbons (Fsp3) is 0.765. The van der Waals surface area contributed by atoms with Crippen LogP contribution in [0.5, 0.6) is 0 Å². The zero-order valence-corrected chi connectivity index (χ0v) is 15.3. The molecule has 2 fully saturated rings. The fourth-order valence-electron chi connectivity index (χ4n) is 3.85. The predicted molar refractivity (Wildman–Crippen MR) is 90.9 cm³/mol. The minimum atomic E-state index is -0.235. The van der Waals surface area contributed by atoms with Crippen molar-refractivity contribution >= 4 is 11.8 Å². The van der Waals surface area contributed by atoms with Gasteiger partial charge in [0, 0.05) is 39.7 Å². The van der Waals surface area contributed by atoms with E-state index < -0.39 is 0 Å². The Kier molecular flexibility index (Phi) is 5.36. The van der Waals surface area contributed by atoms with Gasteiger partial charge in [-0.25, -0.2) is 9.67 Å². The van der Waals surface area contributed by atoms with Crippen LogP contribution in [-0.2, 0) is 14.3 Å². The number of aromatic nitrogens is 3. The molecule has 138 valence electrons. The maximum absolute atomic E-state index is 12.9. The van der Waals surface area contributed by atoms with Gasteiger partial charge in [-0.2, -0.15) is 5.10 Å². The number of likely N-dealkylation sites (tertiary alicyclic amines) is 2. The number of carbonyl (C=O) groups excluding carboxylic acids is 2. The van der Waals surface area contributed by atoms with E-state index in [0.717, 1.165) is 31.0 Å². The van der Waals surface area contributed by atoms with Crippen LogP contribution < -0.4 is 0 Å². The Bertz CT molecular complexity index is 644. The molecule has 0 radical (unpaired) electrons. The number of piperidine rings is 1. The first kappa shape index (κ1) is 17.8. The van der Waals surface area contributed by atoms with Gasteiger partial charge in [-0.3, -0.25) is 9.59 Å². The van der Waals surface area contributed by atoms with E-state index in [0.29, 0.717) is 32.7 Å². The summed E-state index contributed by atoms with van der Waals surface area (Å²) in [5.74, 6) is 1.55. The first-order valence-corrected chi connectivity index (χ1v) is 8.95. The molecule has 0 aliphatic carbocycles. The molecule has 0 aromatic carbocycles. The number of aryl methyl sites for hydroxylation is 2. The van der Waals surface area contributed by atoms with Gasteiger partial charge in [-0.15, -0.1) is 0 Å². The third-order valence-electron chi connectivity index (χ3n) is 5.09. The number of carbonyl (C=O) groups is 2. The van der Waals surface area contributed by atoms with Crippen LogP contribution in [0.2, 0.25) is 0 Å². The Morgan fingerprint density at radius 3 is 2.80 bits per heavy atom. The Morgan fingerprint density at radius 1 is 1.32 bits per heavy atom. The van der Waals surface area contributed by atoms with E-state index in [1.54, 1.807) is 12.0 Å². The van der Waals surface area contributed by atoms with Gasteiger partial charge >= 0.3 is 0 Å². The minimum Gasteiger partial charge on any atom is -0.383 e. The van der Waals surface area contributed by atoms with Crippen LogP contribution in [0.1, 0.15) is 37.0 Å². The van der Waals surface area contributed by atoms with E-state index in [9.17, 15) is 9.59 Å². The highest BCUT2D eigenvalue weighted by molar-refractivity contribution is 5.89. The van der Waals surface area contributed by atoms with Crippen molar-refractivity contribution in [1.82, 2.24) is 24.6 Å². The van der Waals surface area contributed by atoms with Crippen LogP contribution in [0.25, 0.3) is 0 Å². The number of amides is 2. The highest BCUT2D eigenvalue weighted by atomic mass is 16.5. The van der Waals surface area contributed by atoms with Crippen LogP contribution in [0, 0.1) is 19.8 Å². The van der Waals surface area contributed by atoms with Gasteiger partial charge in [0.15, 0.2) is 0 Å². The van der Waals surface area contributed by atoms with Gasteiger partial charge < -0.3 is 14.5 Å². The maximum Gasteiger partial charge on any atom is 0.228 e. The molecule has 0 spiro atoms. The highest BCUT2D eigenvalue weighted by Gasteiger charge is 2.38. The molecule has 2 aliphatic rings. The zero-order valence-electron chi connectivity index (χ0n) is 15.3. The van der Waals surface area contributed by atoms with Crippen LogP contribution in [0.4, 0.5) is 0 Å². The lowest BCUT2D eigenvalue weighted by Crippen LogP contribution is -2.44. The fourth-order valence-corrected chi connectivity index (χ4v) is 3.85. The lowest BCUT2D eigenvalue weighted by Gasteiger charge is -2.34. The second kappa shape index (κ2) is 7.51. The minimum absolute atomic E-state index is 0.0479. The Balaban J connectivity index is 1.62. The molecule has 0 saturated carbocycles. The standard InChI is InChI=1S/C17H27N5O3/c1-12-18-13(2)22(19-12)15-5-4-6-21(11-15)17(24)14-9-16(23)20(10-14)7-8-25-3/h14-15H,4-11H2,1-3H3/t14-,15-/m1/s1. The molecule has 8 nitrogen and oxygen atoms in total. The average molecular weight is 349 g/mol. The van der Waals surface area contributed by atoms with Gasteiger partial charge in [0.25, 0.3) is 0 Å². The molecule has 2 amide bonds. The van der Waals surface area contributed by atoms with E-state index in [1.165, 1.54) is 0 Å². The number of nitrogens with zero attached hydrogens (tertiary/aromatic N) is 5. The third-order valence-corrected chi connectivity index (χ3v) is 5.09. The molecule has 0 bridgehead atoms. The second-order valence-corrected chi connectivity index (χ2v) is 6.96. The quantitative estimate of drug-likeness (QED) is 0.776. The van der Waals surface area contributed by atoms with Crippen molar-refractivity contribution < 1.29 is 14.3 Å². The van der Waals surface area contributed by atoms with Crippen molar-refractivity contribution in [3.8, 4) is 0 Å². The smallest absolute Gasteiger partial charge is 0.228 e. The molecular weight excluding hydrogens is 322 g/mol. The van der Waals surface area contributed by atoms with Crippen molar-refractivity contribution in [1.29, 1.82) is 0 Å². The highest BCUT2D eigenvalue weighted by Crippen LogP contribution is 2.26. The average Bonchev–Trinajstić information content (AvgIpc) is 3.14. The summed E-state index contributed by atoms with van der Waals surface area (Å²) in [6.45, 7) is 6.79. The first-order chi connectivity index (χ1) is 12.0. The van der Waals surface area contributed by atoms with Crippen molar-refractivity contribution in [2.45, 2.75) is 39.2 Å². The topological polar surface area (TPSA) is 80.6 Å². The van der Waals surface area contributed by atoms with Crippen LogP contribution in [0.3, 0.4) is 0 Å². The largest absolute Gasteiger partial charge is 0.383 e. The summed E-state index contributed by atoms with van der Waals surface area (Å²) in [6, 6.07) is 0.167. The zero-order chi connectivity index (χ0) is 18.0. The maximum atomic E-state index is 12.9. The molecule has 2 aliphatic heterocycles. The van der Waals surface area contributed by atoms with Crippen molar-refractivity contribution in [2.24, 2.45) is 5.92 Å². The Hall–Kier alpha value is -1.96. The van der Waals surface area contributed by atoms with Gasteiger partial charge in [-0.1, -0.05) is 0 Å². The summed E-state index contributed by atoms with van der Waals surface area (Å²) in [4.78, 5) is 33.0. The normalized spacial score (nSPS) is 24.2. The molecule has 2 atom stereocenters. The summed E-state index contributed by atoms with van der Waals surface area (Å²) in [5.41, 5.74) is 0. The summed E-state index contributed by atoms with van der Waals surface area (Å²) < 4.78 is 6.98. The predicted octanol–water partition coefficient (Wildman–Crippen LogP) is 0.553. The van der Waals surface area contributed by atoms with Crippen LogP contribution in [-0.4, -0.2) is 76.3 Å². The van der Waals surface area contributed by atoms with Crippen molar-refractivity contribution in [2.75, 3.05) is 39.9 Å². The Morgan fingerprint density at radius 2 is 2.12 bits per heavy atom. The van der Waals surface area contributed by atoms with Crippen LogP contribution >= 0.6 is 0 Å². The van der Waals surface area contributed by atoms with E-state index in [-0.39, 0.29) is 23.8 Å². The SMILES string of the molecule is COCCN1C[C@H](C(=O)N2CCC[C@@H](n3nc(C)nc3C)C2)CC1=O. The van der Waals surface area contributed by atoms with Gasteiger partial charge in [-0.05, 0) is 26.7 Å². The number of ether oxygens (including phenoxy) is 1. The van der Waals surface area contributed by atoms with E-state index in [2.05, 4.69) is 10.1 Å². The van der Waals surface area contributed by atoms with Crippen molar-refractivity contribution in [3.05, 3.63) is 11.6 Å². The number of hydrogen-bond acceptors (Lipinski definition) is 5. The van der Waals surface area contributed by atoms with E-state index in [1.807, 2.05) is 23.4 Å². The summed E-state index contributed by atoms with van der Waals surface area (Å²) >= 11 is 0. The molecule has 2 saturated heterocycles. The molecular formula is C17H27N5O3. The Labute approximate surface area is 148 Å². The van der Waals surface area contributed by atoms with E-state index in [4.69, 9.17) is 4.74 Å². The van der Waals surface area contributed by atoms with E-state index >= 15 is 0 Å². The summed E-state index contributed by atoms with van der Waals surface area (Å²) in [6.07, 6.45) is 2.25. The molecule has 3 rings (SSSR count). The lowest BCUT2D eigenvalue weighted by atomic mass is 10.0. The molecule has 8 heteroatoms. The monoisotopic (exact) mass is 349 g/mol. The summed E-state index contributed by atoms with van der Waals surface area (Å²) in [5, 5.41) is 4.47. The number of methoxy groups -OCH3 is 1. The first-order valence-electron chi connectivity index (χ1n) is 8.95. The second-order valence-electron chi connectivity index (χ2n) is 6.96. The van der Waals surface area contributed by atoms with Gasteiger partial charge in [0.2, 0.25) is 11.8 Å². The van der Waals surface area contributed by atoms with Gasteiger partial charge in [0.05, 0.1) is 18.6 Å². The lowest BCUT2D eigenvalue weighted by molar-refractivity contribution is -0.137. The molecule has 3 heterocycles. The number of rotatable bonds is 5. The summed E-state index contributed by atoms with van der Waals surface area (Å²) in [7, 11) is 1.62. The van der Waals surface area contributed by atoms with Crippen molar-refractivity contribution in [3.63, 3.8) is 0 Å². The molecule has 1 aromatic rings. The van der Waals surface area contributed by atoms with Gasteiger partial charge in [0.1, 0.15) is 11.6 Å². The number of hydrogen-bond donors (Lipinski definition) is 0. The third kappa shape index (κ3) is 3.84. The molecule has 25 heavy (non-hydrogen) atoms. The molecule has 1 aromatic heterocycles. The van der Waals surface area contributed by atoms with Crippen LogP contribution in [0.15, 0.2) is 0 Å². The molecule has 0 unspecified atom stereocenters.